The van der Waals surface area contributed by atoms with E-state index in [0.717, 1.165) is 0 Å². The van der Waals surface area contributed by atoms with Crippen molar-refractivity contribution in [3.05, 3.63) is 34.9 Å². The maximum Gasteiger partial charge on any atom is 0.252 e. The molecule has 5 nitrogen and oxygen atoms in total. The van der Waals surface area contributed by atoms with Gasteiger partial charge < -0.3 is 20.3 Å². The summed E-state index contributed by atoms with van der Waals surface area (Å²) in [6, 6.07) is 6.68. The highest BCUT2D eigenvalue weighted by atomic mass is 35.5. The van der Waals surface area contributed by atoms with Crippen molar-refractivity contribution in [2.45, 2.75) is 18.3 Å². The quantitative estimate of drug-likeness (QED) is 0.733. The minimum atomic E-state index is -0.975. The molecule has 3 atom stereocenters. The molecule has 1 saturated heterocycles. The molecular formula is C12H14ClNO4. The van der Waals surface area contributed by atoms with Crippen LogP contribution in [0.25, 0.3) is 0 Å². The van der Waals surface area contributed by atoms with Crippen molar-refractivity contribution in [3.8, 4) is 0 Å². The van der Waals surface area contributed by atoms with E-state index < -0.39 is 18.3 Å². The Morgan fingerprint density at radius 2 is 2.17 bits per heavy atom. The number of nitrogens with one attached hydrogen (secondary N) is 1. The van der Waals surface area contributed by atoms with E-state index in [1.807, 2.05) is 0 Å². The lowest BCUT2D eigenvalue weighted by Crippen LogP contribution is -2.39. The van der Waals surface area contributed by atoms with Gasteiger partial charge in [0.05, 0.1) is 17.2 Å². The fourth-order valence-electron chi connectivity index (χ4n) is 1.78. The van der Waals surface area contributed by atoms with Crippen LogP contribution < -0.4 is 5.32 Å². The normalized spacial score (nSPS) is 27.2. The lowest BCUT2D eigenvalue weighted by Gasteiger charge is -2.15. The van der Waals surface area contributed by atoms with Gasteiger partial charge in [-0.1, -0.05) is 23.7 Å². The number of carbonyl (C=O) groups excluding carboxylic acids is 1. The van der Waals surface area contributed by atoms with Gasteiger partial charge in [-0.15, -0.1) is 0 Å². The van der Waals surface area contributed by atoms with Gasteiger partial charge >= 0.3 is 0 Å². The first-order chi connectivity index (χ1) is 8.59. The van der Waals surface area contributed by atoms with Crippen molar-refractivity contribution in [1.82, 2.24) is 5.32 Å². The topological polar surface area (TPSA) is 78.8 Å². The van der Waals surface area contributed by atoms with Crippen LogP contribution in [-0.2, 0) is 4.74 Å². The molecule has 0 saturated carbocycles. The monoisotopic (exact) mass is 271 g/mol. The molecule has 0 unspecified atom stereocenters. The van der Waals surface area contributed by atoms with Gasteiger partial charge in [0, 0.05) is 6.54 Å². The minimum absolute atomic E-state index is 0.0772. The van der Waals surface area contributed by atoms with Crippen LogP contribution in [0.15, 0.2) is 24.3 Å². The van der Waals surface area contributed by atoms with E-state index >= 15 is 0 Å². The van der Waals surface area contributed by atoms with Crippen LogP contribution in [0.4, 0.5) is 0 Å². The first-order valence-corrected chi connectivity index (χ1v) is 5.98. The first kappa shape index (κ1) is 13.3. The highest BCUT2D eigenvalue weighted by Gasteiger charge is 2.34. The number of hydrogen-bond donors (Lipinski definition) is 3. The van der Waals surface area contributed by atoms with Crippen LogP contribution in [0, 0.1) is 0 Å². The Morgan fingerprint density at radius 1 is 1.44 bits per heavy atom. The van der Waals surface area contributed by atoms with Crippen molar-refractivity contribution >= 4 is 17.5 Å². The molecule has 1 aliphatic heterocycles. The van der Waals surface area contributed by atoms with Crippen LogP contribution in [0.5, 0.6) is 0 Å². The molecular weight excluding hydrogens is 258 g/mol. The second-order valence-electron chi connectivity index (χ2n) is 4.12. The molecule has 18 heavy (non-hydrogen) atoms. The van der Waals surface area contributed by atoms with Gasteiger partial charge in [0.15, 0.2) is 0 Å². The van der Waals surface area contributed by atoms with Crippen molar-refractivity contribution < 1.29 is 19.7 Å². The van der Waals surface area contributed by atoms with Gasteiger partial charge in [0.1, 0.15) is 18.3 Å². The standard InChI is InChI=1S/C12H14ClNO4/c13-8-4-2-1-3-7(8)12(17)14-5-10-11(16)9(15)6-18-10/h1-4,9-11,15-16H,5-6H2,(H,14,17)/t9-,10+,11-/m0/s1. The number of ether oxygens (including phenoxy) is 1. The molecule has 0 bridgehead atoms. The van der Waals surface area contributed by atoms with Crippen molar-refractivity contribution in [2.24, 2.45) is 0 Å². The van der Waals surface area contributed by atoms with Gasteiger partial charge in [-0.05, 0) is 12.1 Å². The summed E-state index contributed by atoms with van der Waals surface area (Å²) in [6.45, 7) is 0.204. The average Bonchev–Trinajstić information content (AvgIpc) is 2.68. The molecule has 1 aliphatic rings. The number of rotatable bonds is 3. The molecule has 0 aliphatic carbocycles. The minimum Gasteiger partial charge on any atom is -0.388 e. The van der Waals surface area contributed by atoms with Crippen molar-refractivity contribution in [3.63, 3.8) is 0 Å². The number of amides is 1. The van der Waals surface area contributed by atoms with Crippen LogP contribution in [-0.4, -0.2) is 47.6 Å². The SMILES string of the molecule is O=C(NC[C@H]1OC[C@H](O)[C@@H]1O)c1ccccc1Cl. The van der Waals surface area contributed by atoms with Gasteiger partial charge in [-0.2, -0.15) is 0 Å². The zero-order valence-electron chi connectivity index (χ0n) is 9.54. The number of halogens is 1. The summed E-state index contributed by atoms with van der Waals surface area (Å²) < 4.78 is 5.15. The summed E-state index contributed by atoms with van der Waals surface area (Å²) in [5, 5.41) is 21.8. The molecule has 1 aromatic carbocycles. The predicted molar refractivity (Wildman–Crippen MR) is 65.5 cm³/mol. The Labute approximate surface area is 109 Å². The van der Waals surface area contributed by atoms with Gasteiger partial charge in [0.2, 0.25) is 0 Å². The first-order valence-electron chi connectivity index (χ1n) is 5.60. The third-order valence-corrected chi connectivity index (χ3v) is 3.17. The summed E-state index contributed by atoms with van der Waals surface area (Å²) in [4.78, 5) is 11.8. The number of carbonyl (C=O) groups is 1. The van der Waals surface area contributed by atoms with E-state index in [4.69, 9.17) is 16.3 Å². The second kappa shape index (κ2) is 5.67. The fourth-order valence-corrected chi connectivity index (χ4v) is 2.00. The Kier molecular flexibility index (Phi) is 4.19. The number of benzene rings is 1. The van der Waals surface area contributed by atoms with E-state index in [0.29, 0.717) is 10.6 Å². The van der Waals surface area contributed by atoms with E-state index in [1.165, 1.54) is 0 Å². The second-order valence-corrected chi connectivity index (χ2v) is 4.53. The van der Waals surface area contributed by atoms with Gasteiger partial charge in [-0.3, -0.25) is 4.79 Å². The van der Waals surface area contributed by atoms with Gasteiger partial charge in [-0.25, -0.2) is 0 Å². The molecule has 1 aromatic rings. The molecule has 2 rings (SSSR count). The zero-order valence-corrected chi connectivity index (χ0v) is 10.3. The average molecular weight is 272 g/mol. The lowest BCUT2D eigenvalue weighted by molar-refractivity contribution is 0.0236. The van der Waals surface area contributed by atoms with Crippen LogP contribution in [0.1, 0.15) is 10.4 Å². The summed E-state index contributed by atoms with van der Waals surface area (Å²) in [5.74, 6) is -0.335. The van der Waals surface area contributed by atoms with Crippen molar-refractivity contribution in [2.75, 3.05) is 13.2 Å². The largest absolute Gasteiger partial charge is 0.388 e. The third kappa shape index (κ3) is 2.81. The summed E-state index contributed by atoms with van der Waals surface area (Å²) in [7, 11) is 0. The van der Waals surface area contributed by atoms with Crippen molar-refractivity contribution in [1.29, 1.82) is 0 Å². The maximum atomic E-state index is 11.8. The Hall–Kier alpha value is -1.14. The summed E-state index contributed by atoms with van der Waals surface area (Å²) >= 11 is 5.88. The van der Waals surface area contributed by atoms with E-state index in [2.05, 4.69) is 5.32 Å². The van der Waals surface area contributed by atoms with Crippen LogP contribution in [0.2, 0.25) is 5.02 Å². The zero-order chi connectivity index (χ0) is 13.1. The van der Waals surface area contributed by atoms with E-state index in [9.17, 15) is 15.0 Å². The smallest absolute Gasteiger partial charge is 0.252 e. The number of aliphatic hydroxyl groups is 2. The third-order valence-electron chi connectivity index (χ3n) is 2.84. The highest BCUT2D eigenvalue weighted by molar-refractivity contribution is 6.33. The Balaban J connectivity index is 1.91. The molecule has 98 valence electrons. The molecule has 1 heterocycles. The summed E-state index contributed by atoms with van der Waals surface area (Å²) in [5.41, 5.74) is 0.368. The predicted octanol–water partition coefficient (Wildman–Crippen LogP) is 0.190. The van der Waals surface area contributed by atoms with Crippen LogP contribution in [0.3, 0.4) is 0 Å². The van der Waals surface area contributed by atoms with Gasteiger partial charge in [0.25, 0.3) is 5.91 Å². The number of aliphatic hydroxyl groups excluding tert-OH is 2. The van der Waals surface area contributed by atoms with E-state index in [-0.39, 0.29) is 19.1 Å². The molecule has 1 amide bonds. The molecule has 3 N–H and O–H groups in total. The highest BCUT2D eigenvalue weighted by Crippen LogP contribution is 2.16. The number of hydrogen-bond acceptors (Lipinski definition) is 4. The Bertz CT molecular complexity index is 440. The molecule has 6 heteroatoms. The van der Waals surface area contributed by atoms with E-state index in [1.54, 1.807) is 24.3 Å². The molecule has 0 spiro atoms. The Morgan fingerprint density at radius 3 is 2.78 bits per heavy atom. The lowest BCUT2D eigenvalue weighted by atomic mass is 10.1. The fraction of sp³-hybridized carbons (Fsp3) is 0.417. The molecule has 1 fully saturated rings. The van der Waals surface area contributed by atoms with Crippen LogP contribution >= 0.6 is 11.6 Å². The maximum absolute atomic E-state index is 11.8. The molecule has 0 radical (unpaired) electrons. The molecule has 0 aromatic heterocycles. The summed E-state index contributed by atoms with van der Waals surface area (Å²) in [6.07, 6.45) is -2.46.